The minimum atomic E-state index is -0.108. The van der Waals surface area contributed by atoms with Gasteiger partial charge in [-0.1, -0.05) is 12.1 Å². The Balaban J connectivity index is 1.90. The second-order valence-electron chi connectivity index (χ2n) is 5.45. The van der Waals surface area contributed by atoms with Crippen LogP contribution in [0.4, 0.5) is 5.82 Å². The van der Waals surface area contributed by atoms with E-state index in [9.17, 15) is 15.3 Å². The monoisotopic (exact) mass is 322 g/mol. The quantitative estimate of drug-likeness (QED) is 0.388. The van der Waals surface area contributed by atoms with Gasteiger partial charge >= 0.3 is 0 Å². The van der Waals surface area contributed by atoms with E-state index in [-0.39, 0.29) is 23.1 Å². The van der Waals surface area contributed by atoms with Gasteiger partial charge in [0.25, 0.3) is 0 Å². The maximum Gasteiger partial charge on any atom is 0.146 e. The Morgan fingerprint density at radius 2 is 1.71 bits per heavy atom. The van der Waals surface area contributed by atoms with Crippen LogP contribution in [0.5, 0.6) is 17.2 Å². The van der Waals surface area contributed by atoms with Crippen molar-refractivity contribution >= 4 is 16.9 Å². The summed E-state index contributed by atoms with van der Waals surface area (Å²) in [6.45, 7) is 0. The number of anilines is 1. The predicted molar refractivity (Wildman–Crippen MR) is 90.3 cm³/mol. The number of nitrogens with one attached hydrogen (secondary N) is 1. The van der Waals surface area contributed by atoms with Gasteiger partial charge < -0.3 is 26.0 Å². The zero-order chi connectivity index (χ0) is 16.8. The first-order valence-electron chi connectivity index (χ1n) is 7.21. The fourth-order valence-corrected chi connectivity index (χ4v) is 2.75. The number of aromatic hydroxyl groups is 3. The molecule has 0 saturated heterocycles. The molecule has 0 unspecified atom stereocenters. The van der Waals surface area contributed by atoms with Crippen LogP contribution in [0.25, 0.3) is 28.1 Å². The van der Waals surface area contributed by atoms with Crippen LogP contribution in [0, 0.1) is 0 Å². The normalized spacial score (nSPS) is 11.2. The molecule has 0 amide bonds. The number of nitrogen functional groups attached to an aromatic ring is 1. The first-order valence-corrected chi connectivity index (χ1v) is 7.21. The van der Waals surface area contributed by atoms with Crippen molar-refractivity contribution in [1.82, 2.24) is 14.5 Å². The Bertz CT molecular complexity index is 1010. The molecule has 24 heavy (non-hydrogen) atoms. The van der Waals surface area contributed by atoms with Gasteiger partial charge in [0, 0.05) is 18.2 Å². The number of hydrogen-bond donors (Lipinski definition) is 5. The van der Waals surface area contributed by atoms with Gasteiger partial charge in [0.15, 0.2) is 0 Å². The molecule has 4 aromatic rings. The number of para-hydroxylation sites is 2. The number of rotatable bonds is 2. The van der Waals surface area contributed by atoms with Crippen molar-refractivity contribution in [2.45, 2.75) is 0 Å². The van der Waals surface area contributed by atoms with Crippen molar-refractivity contribution in [1.29, 1.82) is 0 Å². The van der Waals surface area contributed by atoms with Gasteiger partial charge in [-0.2, -0.15) is 0 Å². The van der Waals surface area contributed by atoms with Crippen molar-refractivity contribution in [2.24, 2.45) is 0 Å². The molecule has 0 radical (unpaired) electrons. The van der Waals surface area contributed by atoms with E-state index in [1.54, 1.807) is 0 Å². The molecule has 4 rings (SSSR count). The van der Waals surface area contributed by atoms with E-state index in [0.717, 1.165) is 11.0 Å². The van der Waals surface area contributed by atoms with Crippen LogP contribution in [-0.4, -0.2) is 29.9 Å². The lowest BCUT2D eigenvalue weighted by Gasteiger charge is -2.07. The molecule has 6 N–H and O–H groups in total. The third-order valence-electron chi connectivity index (χ3n) is 3.81. The summed E-state index contributed by atoms with van der Waals surface area (Å²) in [7, 11) is 0. The number of H-pyrrole nitrogens is 1. The highest BCUT2D eigenvalue weighted by Gasteiger charge is 2.19. The third kappa shape index (κ3) is 2.11. The SMILES string of the molecule is Nc1c(-c2nc3ccccc3[nH]2)c(O)cn1-c1cc(O)cc(O)c1. The van der Waals surface area contributed by atoms with E-state index in [2.05, 4.69) is 9.97 Å². The third-order valence-corrected chi connectivity index (χ3v) is 3.81. The number of nitrogens with zero attached hydrogens (tertiary/aromatic N) is 2. The van der Waals surface area contributed by atoms with Gasteiger partial charge in [-0.05, 0) is 12.1 Å². The van der Waals surface area contributed by atoms with Gasteiger partial charge in [-0.3, -0.25) is 4.57 Å². The van der Waals surface area contributed by atoms with Crippen LogP contribution in [-0.2, 0) is 0 Å². The standard InChI is InChI=1S/C17H14N4O3/c18-16-15(17-19-12-3-1-2-4-13(12)20-17)14(24)8-21(16)9-5-10(22)7-11(23)6-9/h1-8,22-24H,18H2,(H,19,20). The molecule has 120 valence electrons. The zero-order valence-corrected chi connectivity index (χ0v) is 12.4. The first-order chi connectivity index (χ1) is 11.5. The van der Waals surface area contributed by atoms with Crippen molar-refractivity contribution in [3.63, 3.8) is 0 Å². The molecule has 2 heterocycles. The van der Waals surface area contributed by atoms with Crippen LogP contribution in [0.15, 0.2) is 48.7 Å². The minimum Gasteiger partial charge on any atom is -0.508 e. The summed E-state index contributed by atoms with van der Waals surface area (Å²) < 4.78 is 1.47. The molecule has 0 aliphatic heterocycles. The maximum atomic E-state index is 10.3. The van der Waals surface area contributed by atoms with Gasteiger partial charge in [-0.15, -0.1) is 0 Å². The summed E-state index contributed by atoms with van der Waals surface area (Å²) in [5.74, 6) is 0.394. The maximum absolute atomic E-state index is 10.3. The van der Waals surface area contributed by atoms with Crippen molar-refractivity contribution in [2.75, 3.05) is 5.73 Å². The van der Waals surface area contributed by atoms with Crippen molar-refractivity contribution in [3.05, 3.63) is 48.7 Å². The molecule has 7 heteroatoms. The van der Waals surface area contributed by atoms with Crippen molar-refractivity contribution in [3.8, 4) is 34.3 Å². The number of benzene rings is 2. The molecule has 2 aromatic heterocycles. The molecular weight excluding hydrogens is 308 g/mol. The van der Waals surface area contributed by atoms with Crippen LogP contribution >= 0.6 is 0 Å². The lowest BCUT2D eigenvalue weighted by atomic mass is 10.2. The highest BCUT2D eigenvalue weighted by atomic mass is 16.3. The summed E-state index contributed by atoms with van der Waals surface area (Å²) in [6.07, 6.45) is 1.41. The molecular formula is C17H14N4O3. The summed E-state index contributed by atoms with van der Waals surface area (Å²) in [4.78, 5) is 7.56. The van der Waals surface area contributed by atoms with Crippen LogP contribution in [0.2, 0.25) is 0 Å². The largest absolute Gasteiger partial charge is 0.508 e. The van der Waals surface area contributed by atoms with Crippen LogP contribution < -0.4 is 5.73 Å². The highest BCUT2D eigenvalue weighted by Crippen LogP contribution is 2.38. The topological polar surface area (TPSA) is 120 Å². The lowest BCUT2D eigenvalue weighted by molar-refractivity contribution is 0.450. The molecule has 0 atom stereocenters. The van der Waals surface area contributed by atoms with E-state index in [1.165, 1.54) is 29.0 Å². The summed E-state index contributed by atoms with van der Waals surface area (Å²) >= 11 is 0. The fourth-order valence-electron chi connectivity index (χ4n) is 2.75. The predicted octanol–water partition coefficient (Wildman–Crippen LogP) is 2.72. The van der Waals surface area contributed by atoms with Crippen molar-refractivity contribution < 1.29 is 15.3 Å². The Kier molecular flexibility index (Phi) is 2.89. The fraction of sp³-hybridized carbons (Fsp3) is 0. The summed E-state index contributed by atoms with van der Waals surface area (Å²) in [6, 6.07) is 11.6. The number of hydrogen-bond acceptors (Lipinski definition) is 5. The zero-order valence-electron chi connectivity index (χ0n) is 12.4. The Labute approximate surface area is 136 Å². The van der Waals surface area contributed by atoms with Gasteiger partial charge in [0.1, 0.15) is 34.5 Å². The number of fused-ring (bicyclic) bond motifs is 1. The number of phenols is 2. The molecule has 7 nitrogen and oxygen atoms in total. The molecule has 0 spiro atoms. The number of nitrogens with two attached hydrogens (primary N) is 1. The number of phenolic OH excluding ortho intramolecular Hbond substituents is 2. The minimum absolute atomic E-state index is 0.0608. The summed E-state index contributed by atoms with van der Waals surface area (Å²) in [5, 5.41) is 29.6. The molecule has 2 aromatic carbocycles. The van der Waals surface area contributed by atoms with E-state index in [0.29, 0.717) is 17.1 Å². The van der Waals surface area contributed by atoms with Gasteiger partial charge in [-0.25, -0.2) is 4.98 Å². The second-order valence-corrected chi connectivity index (χ2v) is 5.45. The molecule has 0 aliphatic carbocycles. The Morgan fingerprint density at radius 3 is 2.42 bits per heavy atom. The number of imidazole rings is 1. The van der Waals surface area contributed by atoms with Crippen LogP contribution in [0.3, 0.4) is 0 Å². The molecule has 0 bridgehead atoms. The summed E-state index contributed by atoms with van der Waals surface area (Å²) in [5.41, 5.74) is 8.53. The van der Waals surface area contributed by atoms with Gasteiger partial charge in [0.2, 0.25) is 0 Å². The molecule has 0 fully saturated rings. The average molecular weight is 322 g/mol. The van der Waals surface area contributed by atoms with E-state index in [1.807, 2.05) is 24.3 Å². The lowest BCUT2D eigenvalue weighted by Crippen LogP contribution is -1.99. The van der Waals surface area contributed by atoms with E-state index in [4.69, 9.17) is 5.73 Å². The molecule has 0 aliphatic rings. The Hall–Kier alpha value is -3.61. The van der Waals surface area contributed by atoms with Crippen LogP contribution in [0.1, 0.15) is 0 Å². The number of aromatic nitrogens is 3. The molecule has 0 saturated carbocycles. The second kappa shape index (κ2) is 4.95. The van der Waals surface area contributed by atoms with E-state index >= 15 is 0 Å². The van der Waals surface area contributed by atoms with E-state index < -0.39 is 0 Å². The first kappa shape index (κ1) is 14.0. The Morgan fingerprint density at radius 1 is 1.00 bits per heavy atom. The smallest absolute Gasteiger partial charge is 0.146 e. The van der Waals surface area contributed by atoms with Gasteiger partial charge in [0.05, 0.1) is 22.9 Å². The highest BCUT2D eigenvalue weighted by molar-refractivity contribution is 5.85. The number of aromatic amines is 1. The average Bonchev–Trinajstić information content (AvgIpc) is 3.06.